The Kier molecular flexibility index (Phi) is 4.80. The van der Waals surface area contributed by atoms with Crippen LogP contribution in [-0.2, 0) is 4.74 Å². The standard InChI is InChI=1S/C12H25NO3/c1-11(2,3)9(8-14)13(7)10(15)16-12(4,5)6/h9,14H,8H2,1-7H3. The van der Waals surface area contributed by atoms with E-state index in [-0.39, 0.29) is 18.1 Å². The molecule has 0 aliphatic heterocycles. The Hall–Kier alpha value is -0.770. The zero-order valence-electron chi connectivity index (χ0n) is 11.5. The van der Waals surface area contributed by atoms with Crippen molar-refractivity contribution in [3.8, 4) is 0 Å². The van der Waals surface area contributed by atoms with Crippen LogP contribution in [-0.4, -0.2) is 41.4 Å². The van der Waals surface area contributed by atoms with Crippen molar-refractivity contribution < 1.29 is 14.6 Å². The van der Waals surface area contributed by atoms with Gasteiger partial charge in [0.25, 0.3) is 0 Å². The van der Waals surface area contributed by atoms with Gasteiger partial charge in [-0.15, -0.1) is 0 Å². The zero-order valence-corrected chi connectivity index (χ0v) is 11.5. The molecule has 0 heterocycles. The minimum absolute atomic E-state index is 0.0702. The molecule has 0 aromatic rings. The third kappa shape index (κ3) is 4.84. The summed E-state index contributed by atoms with van der Waals surface area (Å²) in [6, 6.07) is -0.248. The van der Waals surface area contributed by atoms with E-state index in [1.54, 1.807) is 7.05 Å². The van der Waals surface area contributed by atoms with E-state index in [0.29, 0.717) is 0 Å². The van der Waals surface area contributed by atoms with Crippen LogP contribution in [0.15, 0.2) is 0 Å². The van der Waals surface area contributed by atoms with Gasteiger partial charge in [-0.25, -0.2) is 4.79 Å². The fourth-order valence-corrected chi connectivity index (χ4v) is 1.44. The predicted octanol–water partition coefficient (Wildman–Crippen LogP) is 2.26. The van der Waals surface area contributed by atoms with Crippen LogP contribution in [0.1, 0.15) is 41.5 Å². The topological polar surface area (TPSA) is 49.8 Å². The van der Waals surface area contributed by atoms with Gasteiger partial charge in [0.15, 0.2) is 0 Å². The van der Waals surface area contributed by atoms with Gasteiger partial charge in [0.1, 0.15) is 5.60 Å². The summed E-state index contributed by atoms with van der Waals surface area (Å²) in [5.41, 5.74) is -0.691. The summed E-state index contributed by atoms with van der Waals surface area (Å²) in [6.45, 7) is 11.3. The Labute approximate surface area is 98.6 Å². The Balaban J connectivity index is 4.65. The molecule has 1 N–H and O–H groups in total. The molecule has 1 atom stereocenters. The highest BCUT2D eigenvalue weighted by atomic mass is 16.6. The van der Waals surface area contributed by atoms with Crippen LogP contribution >= 0.6 is 0 Å². The number of rotatable bonds is 2. The van der Waals surface area contributed by atoms with Crippen molar-refractivity contribution in [3.63, 3.8) is 0 Å². The highest BCUT2D eigenvalue weighted by molar-refractivity contribution is 5.68. The summed E-state index contributed by atoms with van der Waals surface area (Å²) in [7, 11) is 1.65. The van der Waals surface area contributed by atoms with Gasteiger partial charge in [-0.2, -0.15) is 0 Å². The summed E-state index contributed by atoms with van der Waals surface area (Å²) < 4.78 is 5.25. The smallest absolute Gasteiger partial charge is 0.410 e. The lowest BCUT2D eigenvalue weighted by Gasteiger charge is -2.37. The lowest BCUT2D eigenvalue weighted by Crippen LogP contribution is -2.48. The molecule has 0 aromatic heterocycles. The SMILES string of the molecule is CN(C(=O)OC(C)(C)C)C(CO)C(C)(C)C. The number of hydrogen-bond donors (Lipinski definition) is 1. The monoisotopic (exact) mass is 231 g/mol. The van der Waals surface area contributed by atoms with Crippen LogP contribution in [0.2, 0.25) is 0 Å². The molecular weight excluding hydrogens is 206 g/mol. The average molecular weight is 231 g/mol. The molecule has 0 fully saturated rings. The van der Waals surface area contributed by atoms with E-state index in [4.69, 9.17) is 4.74 Å². The first kappa shape index (κ1) is 15.2. The molecule has 4 nitrogen and oxygen atoms in total. The van der Waals surface area contributed by atoms with E-state index >= 15 is 0 Å². The Bertz CT molecular complexity index is 238. The molecule has 0 aromatic carbocycles. The van der Waals surface area contributed by atoms with Crippen molar-refractivity contribution in [2.45, 2.75) is 53.2 Å². The minimum Gasteiger partial charge on any atom is -0.444 e. The van der Waals surface area contributed by atoms with Gasteiger partial charge in [-0.1, -0.05) is 20.8 Å². The van der Waals surface area contributed by atoms with Crippen molar-refractivity contribution in [1.82, 2.24) is 4.90 Å². The molecular formula is C12H25NO3. The fourth-order valence-electron chi connectivity index (χ4n) is 1.44. The molecule has 1 amide bonds. The van der Waals surface area contributed by atoms with Gasteiger partial charge in [0.05, 0.1) is 12.6 Å². The molecule has 0 saturated heterocycles. The lowest BCUT2D eigenvalue weighted by atomic mass is 9.86. The maximum atomic E-state index is 11.8. The average Bonchev–Trinajstić information content (AvgIpc) is 1.99. The summed E-state index contributed by atoms with van der Waals surface area (Å²) in [4.78, 5) is 13.3. The maximum absolute atomic E-state index is 11.8. The van der Waals surface area contributed by atoms with Crippen LogP contribution in [0.3, 0.4) is 0 Å². The second kappa shape index (κ2) is 5.04. The van der Waals surface area contributed by atoms with E-state index in [2.05, 4.69) is 0 Å². The lowest BCUT2D eigenvalue weighted by molar-refractivity contribution is -0.000922. The highest BCUT2D eigenvalue weighted by Gasteiger charge is 2.32. The number of aliphatic hydroxyl groups excluding tert-OH is 1. The van der Waals surface area contributed by atoms with Crippen LogP contribution in [0.25, 0.3) is 0 Å². The molecule has 0 bridgehead atoms. The van der Waals surface area contributed by atoms with Crippen molar-refractivity contribution in [2.75, 3.05) is 13.7 Å². The number of carbonyl (C=O) groups is 1. The molecule has 4 heteroatoms. The molecule has 0 radical (unpaired) electrons. The molecule has 96 valence electrons. The molecule has 0 spiro atoms. The van der Waals surface area contributed by atoms with E-state index in [0.717, 1.165) is 0 Å². The quantitative estimate of drug-likeness (QED) is 0.793. The highest BCUT2D eigenvalue weighted by Crippen LogP contribution is 2.24. The van der Waals surface area contributed by atoms with Crippen molar-refractivity contribution >= 4 is 6.09 Å². The first-order chi connectivity index (χ1) is 6.99. The van der Waals surface area contributed by atoms with E-state index < -0.39 is 11.7 Å². The number of nitrogens with zero attached hydrogens (tertiary/aromatic N) is 1. The van der Waals surface area contributed by atoms with E-state index in [1.807, 2.05) is 41.5 Å². The maximum Gasteiger partial charge on any atom is 0.410 e. The van der Waals surface area contributed by atoms with Crippen LogP contribution in [0.4, 0.5) is 4.79 Å². The summed E-state index contributed by atoms with van der Waals surface area (Å²) >= 11 is 0. The third-order valence-electron chi connectivity index (χ3n) is 2.32. The van der Waals surface area contributed by atoms with Gasteiger partial charge in [-0.05, 0) is 26.2 Å². The van der Waals surface area contributed by atoms with Gasteiger partial charge in [0, 0.05) is 7.05 Å². The number of likely N-dealkylation sites (N-methyl/N-ethyl adjacent to an activating group) is 1. The number of amides is 1. The summed E-state index contributed by atoms with van der Waals surface area (Å²) in [5, 5.41) is 9.33. The normalized spacial score (nSPS) is 14.5. The van der Waals surface area contributed by atoms with Crippen molar-refractivity contribution in [1.29, 1.82) is 0 Å². The van der Waals surface area contributed by atoms with Gasteiger partial charge < -0.3 is 14.7 Å². The second-order valence-corrected chi connectivity index (χ2v) is 6.16. The Morgan fingerprint density at radius 1 is 1.25 bits per heavy atom. The molecule has 0 saturated carbocycles. The number of carbonyl (C=O) groups excluding carboxylic acids is 1. The molecule has 0 rings (SSSR count). The van der Waals surface area contributed by atoms with Gasteiger partial charge >= 0.3 is 6.09 Å². The largest absolute Gasteiger partial charge is 0.444 e. The molecule has 0 aliphatic carbocycles. The molecule has 1 unspecified atom stereocenters. The molecule has 16 heavy (non-hydrogen) atoms. The zero-order chi connectivity index (χ0) is 13.1. The van der Waals surface area contributed by atoms with Crippen molar-refractivity contribution in [3.05, 3.63) is 0 Å². The predicted molar refractivity (Wildman–Crippen MR) is 64.3 cm³/mol. The Morgan fingerprint density at radius 3 is 1.94 bits per heavy atom. The van der Waals surface area contributed by atoms with E-state index in [1.165, 1.54) is 4.90 Å². The second-order valence-electron chi connectivity index (χ2n) is 6.16. The number of hydrogen-bond acceptors (Lipinski definition) is 3. The number of ether oxygens (including phenoxy) is 1. The van der Waals surface area contributed by atoms with Crippen LogP contribution < -0.4 is 0 Å². The van der Waals surface area contributed by atoms with Crippen LogP contribution in [0.5, 0.6) is 0 Å². The van der Waals surface area contributed by atoms with E-state index in [9.17, 15) is 9.90 Å². The molecule has 0 aliphatic rings. The van der Waals surface area contributed by atoms with Gasteiger partial charge in [-0.3, -0.25) is 0 Å². The van der Waals surface area contributed by atoms with Crippen molar-refractivity contribution in [2.24, 2.45) is 5.41 Å². The third-order valence-corrected chi connectivity index (χ3v) is 2.32. The summed E-state index contributed by atoms with van der Waals surface area (Å²) in [6.07, 6.45) is -0.401. The van der Waals surface area contributed by atoms with Gasteiger partial charge in [0.2, 0.25) is 0 Å². The Morgan fingerprint density at radius 2 is 1.69 bits per heavy atom. The number of aliphatic hydroxyl groups is 1. The first-order valence-corrected chi connectivity index (χ1v) is 5.55. The first-order valence-electron chi connectivity index (χ1n) is 5.55. The fraction of sp³-hybridized carbons (Fsp3) is 0.917. The summed E-state index contributed by atoms with van der Waals surface area (Å²) in [5.74, 6) is 0. The minimum atomic E-state index is -0.511. The van der Waals surface area contributed by atoms with Crippen LogP contribution in [0, 0.1) is 5.41 Å².